The van der Waals surface area contributed by atoms with Gasteiger partial charge in [0.1, 0.15) is 5.70 Å². The zero-order chi connectivity index (χ0) is 14.3. The van der Waals surface area contributed by atoms with Crippen molar-refractivity contribution in [2.75, 3.05) is 6.61 Å². The molecule has 0 aromatic heterocycles. The molecule has 2 rings (SSSR count). The second kappa shape index (κ2) is 4.63. The first-order valence-corrected chi connectivity index (χ1v) is 6.67. The minimum atomic E-state index is -1.11. The Hall–Kier alpha value is -1.36. The highest BCUT2D eigenvalue weighted by atomic mass is 16.5. The molecule has 2 aliphatic rings. The summed E-state index contributed by atoms with van der Waals surface area (Å²) in [4.78, 5) is 15.6. The molecule has 106 valence electrons. The van der Waals surface area contributed by atoms with E-state index < -0.39 is 5.97 Å². The van der Waals surface area contributed by atoms with Crippen molar-refractivity contribution < 1.29 is 14.6 Å². The molecule has 0 amide bonds. The molecule has 19 heavy (non-hydrogen) atoms. The van der Waals surface area contributed by atoms with E-state index in [1.54, 1.807) is 0 Å². The predicted molar refractivity (Wildman–Crippen MR) is 73.1 cm³/mol. The molecular formula is C14H22N2O3. The van der Waals surface area contributed by atoms with Gasteiger partial charge in [0.05, 0.1) is 11.6 Å². The molecule has 1 aliphatic carbocycles. The largest absolute Gasteiger partial charge is 0.477 e. The molecule has 3 N–H and O–H groups in total. The molecule has 2 fully saturated rings. The van der Waals surface area contributed by atoms with Gasteiger partial charge in [-0.05, 0) is 25.3 Å². The van der Waals surface area contributed by atoms with E-state index in [0.717, 1.165) is 31.6 Å². The predicted octanol–water partition coefficient (Wildman–Crippen LogP) is 1.72. The third kappa shape index (κ3) is 2.97. The maximum absolute atomic E-state index is 10.9. The average molecular weight is 266 g/mol. The zero-order valence-electron chi connectivity index (χ0n) is 11.8. The maximum Gasteiger partial charge on any atom is 0.351 e. The Morgan fingerprint density at radius 2 is 2.11 bits per heavy atom. The van der Waals surface area contributed by atoms with Crippen LogP contribution in [-0.4, -0.2) is 35.0 Å². The number of aliphatic carboxylic acids is 1. The highest BCUT2D eigenvalue weighted by Gasteiger charge is 2.54. The lowest BCUT2D eigenvalue weighted by Gasteiger charge is -2.22. The van der Waals surface area contributed by atoms with Crippen molar-refractivity contribution in [1.82, 2.24) is 0 Å². The summed E-state index contributed by atoms with van der Waals surface area (Å²) >= 11 is 0. The highest BCUT2D eigenvalue weighted by molar-refractivity contribution is 6.04. The van der Waals surface area contributed by atoms with E-state index in [4.69, 9.17) is 20.6 Å². The average Bonchev–Trinajstić information content (AvgIpc) is 2.94. The Balaban J connectivity index is 2.28. The van der Waals surface area contributed by atoms with Crippen LogP contribution in [0.2, 0.25) is 0 Å². The molecule has 1 spiro atoms. The SMILES string of the molecule is CC(C)(C)C(/C=C(\N)C(=O)O)=NC1CCOC12CC2. The number of hydrogen-bond donors (Lipinski definition) is 2. The van der Waals surface area contributed by atoms with Crippen molar-refractivity contribution >= 4 is 11.7 Å². The van der Waals surface area contributed by atoms with Crippen molar-refractivity contribution in [3.63, 3.8) is 0 Å². The van der Waals surface area contributed by atoms with Gasteiger partial charge >= 0.3 is 5.97 Å². The van der Waals surface area contributed by atoms with Gasteiger partial charge in [0.25, 0.3) is 0 Å². The van der Waals surface area contributed by atoms with Crippen molar-refractivity contribution in [2.45, 2.75) is 51.7 Å². The number of allylic oxidation sites excluding steroid dienone is 1. The van der Waals surface area contributed by atoms with Gasteiger partial charge in [-0.25, -0.2) is 4.79 Å². The van der Waals surface area contributed by atoms with Crippen LogP contribution in [0, 0.1) is 5.41 Å². The van der Waals surface area contributed by atoms with Crippen LogP contribution in [0.15, 0.2) is 16.8 Å². The molecule has 1 aliphatic heterocycles. The van der Waals surface area contributed by atoms with Crippen molar-refractivity contribution in [3.05, 3.63) is 11.8 Å². The van der Waals surface area contributed by atoms with Gasteiger partial charge < -0.3 is 15.6 Å². The lowest BCUT2D eigenvalue weighted by atomic mass is 9.88. The van der Waals surface area contributed by atoms with Crippen molar-refractivity contribution in [3.8, 4) is 0 Å². The number of nitrogens with two attached hydrogens (primary N) is 1. The number of carbonyl (C=O) groups is 1. The summed E-state index contributed by atoms with van der Waals surface area (Å²) in [6.45, 7) is 6.76. The van der Waals surface area contributed by atoms with Gasteiger partial charge in [0, 0.05) is 17.7 Å². The Morgan fingerprint density at radius 3 is 2.58 bits per heavy atom. The van der Waals surface area contributed by atoms with E-state index in [1.165, 1.54) is 6.08 Å². The van der Waals surface area contributed by atoms with Gasteiger partial charge in [-0.3, -0.25) is 4.99 Å². The summed E-state index contributed by atoms with van der Waals surface area (Å²) in [7, 11) is 0. The third-order valence-corrected chi connectivity index (χ3v) is 3.73. The first kappa shape index (κ1) is 14.1. The minimum Gasteiger partial charge on any atom is -0.477 e. The molecule has 1 unspecified atom stereocenters. The van der Waals surface area contributed by atoms with E-state index in [9.17, 15) is 4.79 Å². The fourth-order valence-corrected chi connectivity index (χ4v) is 2.34. The maximum atomic E-state index is 10.9. The summed E-state index contributed by atoms with van der Waals surface area (Å²) in [5, 5.41) is 8.90. The van der Waals surface area contributed by atoms with Gasteiger partial charge in [-0.2, -0.15) is 0 Å². The normalized spacial score (nSPS) is 26.8. The quantitative estimate of drug-likeness (QED) is 0.601. The summed E-state index contributed by atoms with van der Waals surface area (Å²) in [5.41, 5.74) is 5.78. The van der Waals surface area contributed by atoms with Gasteiger partial charge in [0.2, 0.25) is 0 Å². The molecule has 1 heterocycles. The zero-order valence-corrected chi connectivity index (χ0v) is 11.8. The number of aliphatic imine (C=N–C) groups is 1. The first-order chi connectivity index (χ1) is 8.74. The molecule has 1 saturated carbocycles. The third-order valence-electron chi connectivity index (χ3n) is 3.73. The minimum absolute atomic E-state index is 0.0671. The molecule has 0 bridgehead atoms. The van der Waals surface area contributed by atoms with Gasteiger partial charge in [-0.15, -0.1) is 0 Å². The monoisotopic (exact) mass is 266 g/mol. The van der Waals surface area contributed by atoms with Gasteiger partial charge in [-0.1, -0.05) is 20.8 Å². The van der Waals surface area contributed by atoms with Crippen LogP contribution >= 0.6 is 0 Å². The van der Waals surface area contributed by atoms with E-state index in [1.807, 2.05) is 20.8 Å². The number of carboxylic acid groups (broad SMARTS) is 1. The standard InChI is InChI=1S/C14H22N2O3/c1-13(2,3)11(8-9(15)12(17)18)16-10-4-7-19-14(10)5-6-14/h8,10H,4-7,15H2,1-3H3,(H,17,18)/b9-8-,16-11?. The molecule has 5 heteroatoms. The van der Waals surface area contributed by atoms with Crippen molar-refractivity contribution in [2.24, 2.45) is 16.1 Å². The van der Waals surface area contributed by atoms with Crippen LogP contribution in [0.25, 0.3) is 0 Å². The molecule has 0 radical (unpaired) electrons. The van der Waals surface area contributed by atoms with E-state index in [-0.39, 0.29) is 22.8 Å². The molecule has 0 aromatic carbocycles. The lowest BCUT2D eigenvalue weighted by molar-refractivity contribution is -0.132. The molecular weight excluding hydrogens is 244 g/mol. The Morgan fingerprint density at radius 1 is 1.47 bits per heavy atom. The van der Waals surface area contributed by atoms with Crippen LogP contribution in [0.4, 0.5) is 0 Å². The van der Waals surface area contributed by atoms with Crippen LogP contribution < -0.4 is 5.73 Å². The van der Waals surface area contributed by atoms with Crippen LogP contribution in [0.3, 0.4) is 0 Å². The second-order valence-electron chi connectivity index (χ2n) is 6.39. The van der Waals surface area contributed by atoms with Crippen LogP contribution in [0.5, 0.6) is 0 Å². The van der Waals surface area contributed by atoms with Crippen molar-refractivity contribution in [1.29, 1.82) is 0 Å². The lowest BCUT2D eigenvalue weighted by Crippen LogP contribution is -2.28. The number of rotatable bonds is 3. The second-order valence-corrected chi connectivity index (χ2v) is 6.39. The fraction of sp³-hybridized carbons (Fsp3) is 0.714. The summed E-state index contributed by atoms with van der Waals surface area (Å²) in [6, 6.07) is 0.138. The smallest absolute Gasteiger partial charge is 0.351 e. The number of nitrogens with zero attached hydrogens (tertiary/aromatic N) is 1. The summed E-state index contributed by atoms with van der Waals surface area (Å²) < 4.78 is 5.75. The van der Waals surface area contributed by atoms with E-state index in [2.05, 4.69) is 0 Å². The summed E-state index contributed by atoms with van der Waals surface area (Å²) in [5.74, 6) is -1.11. The molecule has 1 saturated heterocycles. The summed E-state index contributed by atoms with van der Waals surface area (Å²) in [6.07, 6.45) is 4.49. The van der Waals surface area contributed by atoms with Crippen LogP contribution in [0.1, 0.15) is 40.0 Å². The van der Waals surface area contributed by atoms with Crippen LogP contribution in [-0.2, 0) is 9.53 Å². The first-order valence-electron chi connectivity index (χ1n) is 6.67. The Bertz CT molecular complexity index is 442. The molecule has 0 aromatic rings. The molecule has 5 nitrogen and oxygen atoms in total. The highest BCUT2D eigenvalue weighted by Crippen LogP contribution is 2.49. The number of ether oxygens (including phenoxy) is 1. The number of hydrogen-bond acceptors (Lipinski definition) is 4. The molecule has 1 atom stereocenters. The van der Waals surface area contributed by atoms with Gasteiger partial charge in [0.15, 0.2) is 0 Å². The Kier molecular flexibility index (Phi) is 3.43. The van der Waals surface area contributed by atoms with E-state index in [0.29, 0.717) is 0 Å². The Labute approximate surface area is 113 Å². The topological polar surface area (TPSA) is 84.9 Å². The number of carboxylic acids is 1. The van der Waals surface area contributed by atoms with E-state index >= 15 is 0 Å². The fourth-order valence-electron chi connectivity index (χ4n) is 2.34.